The number of morpholine rings is 1. The van der Waals surface area contributed by atoms with Gasteiger partial charge in [0.05, 0.1) is 42.5 Å². The number of aryl methyl sites for hydroxylation is 1. The monoisotopic (exact) mass is 474 g/mol. The second-order valence-electron chi connectivity index (χ2n) is 8.25. The van der Waals surface area contributed by atoms with Crippen molar-refractivity contribution in [2.24, 2.45) is 7.05 Å². The van der Waals surface area contributed by atoms with Crippen molar-refractivity contribution in [2.45, 2.75) is 18.8 Å². The highest BCUT2D eigenvalue weighted by Crippen LogP contribution is 2.32. The third-order valence-electron chi connectivity index (χ3n) is 6.02. The summed E-state index contributed by atoms with van der Waals surface area (Å²) in [5.74, 6) is -1.17. The zero-order valence-electron chi connectivity index (χ0n) is 18.2. The van der Waals surface area contributed by atoms with E-state index < -0.39 is 37.2 Å². The molecule has 34 heavy (non-hydrogen) atoms. The Bertz CT molecular complexity index is 1270. The van der Waals surface area contributed by atoms with Gasteiger partial charge in [-0.15, -0.1) is 0 Å². The molecule has 1 aromatic carbocycles. The van der Waals surface area contributed by atoms with Crippen LogP contribution >= 0.6 is 0 Å². The fraction of sp³-hybridized carbons (Fsp3) is 0.364. The van der Waals surface area contributed by atoms with Gasteiger partial charge in [0, 0.05) is 25.5 Å². The van der Waals surface area contributed by atoms with Crippen LogP contribution in [0.25, 0.3) is 11.0 Å². The molecule has 178 valence electrons. The van der Waals surface area contributed by atoms with Crippen molar-refractivity contribution in [3.05, 3.63) is 47.8 Å². The van der Waals surface area contributed by atoms with Crippen molar-refractivity contribution in [2.75, 3.05) is 31.6 Å². The molecule has 1 unspecified atom stereocenters. The zero-order chi connectivity index (χ0) is 24.0. The van der Waals surface area contributed by atoms with E-state index in [9.17, 15) is 22.8 Å². The number of anilines is 2. The normalized spacial score (nSPS) is 18.5. The fourth-order valence-electron chi connectivity index (χ4n) is 4.35. The molecule has 12 heteroatoms. The van der Waals surface area contributed by atoms with Gasteiger partial charge in [-0.3, -0.25) is 14.3 Å². The molecular formula is C22H21F3N6O3. The van der Waals surface area contributed by atoms with E-state index in [-0.39, 0.29) is 19.7 Å². The van der Waals surface area contributed by atoms with Crippen molar-refractivity contribution in [3.8, 4) is 0 Å². The van der Waals surface area contributed by atoms with Crippen LogP contribution in [0.2, 0.25) is 0 Å². The molecule has 0 aliphatic carbocycles. The summed E-state index contributed by atoms with van der Waals surface area (Å²) >= 11 is 0. The number of nitrogens with one attached hydrogen (secondary N) is 1. The van der Waals surface area contributed by atoms with Crippen molar-refractivity contribution < 1.29 is 27.5 Å². The molecule has 2 aliphatic heterocycles. The van der Waals surface area contributed by atoms with E-state index in [0.29, 0.717) is 28.1 Å². The van der Waals surface area contributed by atoms with Gasteiger partial charge in [-0.1, -0.05) is 12.1 Å². The number of ether oxygens (including phenoxy) is 1. The molecule has 1 fully saturated rings. The van der Waals surface area contributed by atoms with Gasteiger partial charge in [0.25, 0.3) is 5.91 Å². The average Bonchev–Trinajstić information content (AvgIpc) is 3.33. The lowest BCUT2D eigenvalue weighted by Gasteiger charge is -2.37. The third kappa shape index (κ3) is 3.94. The Morgan fingerprint density at radius 3 is 2.91 bits per heavy atom. The maximum Gasteiger partial charge on any atom is 0.411 e. The molecule has 0 saturated carbocycles. The Labute approximate surface area is 192 Å². The molecule has 9 nitrogen and oxygen atoms in total. The lowest BCUT2D eigenvalue weighted by molar-refractivity contribution is -0.213. The van der Waals surface area contributed by atoms with Crippen LogP contribution in [0.4, 0.5) is 24.5 Å². The zero-order valence-corrected chi connectivity index (χ0v) is 18.2. The molecule has 1 saturated heterocycles. The van der Waals surface area contributed by atoms with Gasteiger partial charge in [-0.05, 0) is 17.7 Å². The van der Waals surface area contributed by atoms with Crippen LogP contribution in [0.1, 0.15) is 15.9 Å². The Morgan fingerprint density at radius 1 is 1.29 bits per heavy atom. The molecule has 0 spiro atoms. The topological polar surface area (TPSA) is 92.6 Å². The number of rotatable bonds is 4. The fourth-order valence-corrected chi connectivity index (χ4v) is 4.35. The molecule has 1 N–H and O–H groups in total. The minimum absolute atomic E-state index is 0.0237. The second-order valence-corrected chi connectivity index (χ2v) is 8.25. The maximum absolute atomic E-state index is 13.3. The van der Waals surface area contributed by atoms with Crippen molar-refractivity contribution in [3.63, 3.8) is 0 Å². The molecule has 0 radical (unpaired) electrons. The number of aromatic nitrogens is 3. The first-order valence-electron chi connectivity index (χ1n) is 10.6. The summed E-state index contributed by atoms with van der Waals surface area (Å²) in [6.45, 7) is -1.06. The number of benzene rings is 1. The lowest BCUT2D eigenvalue weighted by atomic mass is 10.1. The molecule has 5 rings (SSSR count). The molecule has 2 aliphatic rings. The number of alkyl halides is 3. The van der Waals surface area contributed by atoms with Crippen molar-refractivity contribution in [1.82, 2.24) is 24.6 Å². The number of hydrogen-bond donors (Lipinski definition) is 1. The van der Waals surface area contributed by atoms with Crippen LogP contribution in [-0.2, 0) is 23.1 Å². The van der Waals surface area contributed by atoms with Gasteiger partial charge in [0.1, 0.15) is 6.54 Å². The lowest BCUT2D eigenvalue weighted by Crippen LogP contribution is -2.57. The van der Waals surface area contributed by atoms with E-state index in [2.05, 4.69) is 15.4 Å². The van der Waals surface area contributed by atoms with Gasteiger partial charge in [0.15, 0.2) is 11.7 Å². The largest absolute Gasteiger partial charge is 0.411 e. The highest BCUT2D eigenvalue weighted by Gasteiger charge is 2.47. The summed E-state index contributed by atoms with van der Waals surface area (Å²) in [6, 6.07) is 5.11. The van der Waals surface area contributed by atoms with Crippen LogP contribution in [0.3, 0.4) is 0 Å². The first kappa shape index (κ1) is 22.1. The SMILES string of the molecule is Cn1ncc2cc(Nc3cccc4c3C(=O)N(CC(=O)N3CCOCC3C(F)(F)F)C4)cnc21. The number of carbonyl (C=O) groups is 2. The maximum atomic E-state index is 13.3. The quantitative estimate of drug-likeness (QED) is 0.625. The van der Waals surface area contributed by atoms with E-state index in [1.165, 1.54) is 4.90 Å². The van der Waals surface area contributed by atoms with E-state index in [1.54, 1.807) is 42.3 Å². The van der Waals surface area contributed by atoms with E-state index in [1.807, 2.05) is 6.07 Å². The molecule has 3 aromatic rings. The van der Waals surface area contributed by atoms with Crippen LogP contribution in [0, 0.1) is 0 Å². The number of hydrogen-bond acceptors (Lipinski definition) is 6. The number of halogens is 3. The van der Waals surface area contributed by atoms with E-state index >= 15 is 0 Å². The Morgan fingerprint density at radius 2 is 2.12 bits per heavy atom. The van der Waals surface area contributed by atoms with Gasteiger partial charge in [0.2, 0.25) is 5.91 Å². The first-order valence-corrected chi connectivity index (χ1v) is 10.6. The Hall–Kier alpha value is -3.67. The summed E-state index contributed by atoms with van der Waals surface area (Å²) in [4.78, 5) is 32.3. The third-order valence-corrected chi connectivity index (χ3v) is 6.02. The summed E-state index contributed by atoms with van der Waals surface area (Å²) < 4.78 is 46.6. The van der Waals surface area contributed by atoms with E-state index in [4.69, 9.17) is 4.74 Å². The van der Waals surface area contributed by atoms with Gasteiger partial charge in [-0.2, -0.15) is 18.3 Å². The molecule has 2 amide bonds. The van der Waals surface area contributed by atoms with Crippen molar-refractivity contribution >= 4 is 34.2 Å². The van der Waals surface area contributed by atoms with Crippen LogP contribution < -0.4 is 5.32 Å². The van der Waals surface area contributed by atoms with E-state index in [0.717, 1.165) is 10.3 Å². The smallest absolute Gasteiger partial charge is 0.377 e. The minimum atomic E-state index is -4.60. The van der Waals surface area contributed by atoms with Crippen LogP contribution in [0.5, 0.6) is 0 Å². The molecular weight excluding hydrogens is 453 g/mol. The molecule has 2 aromatic heterocycles. The van der Waals surface area contributed by atoms with Gasteiger partial charge >= 0.3 is 6.18 Å². The Balaban J connectivity index is 1.34. The van der Waals surface area contributed by atoms with Gasteiger partial charge in [-0.25, -0.2) is 4.98 Å². The molecule has 0 bridgehead atoms. The summed E-state index contributed by atoms with van der Waals surface area (Å²) in [6.07, 6.45) is -1.30. The average molecular weight is 474 g/mol. The second kappa shape index (κ2) is 8.28. The number of carbonyl (C=O) groups excluding carboxylic acids is 2. The number of nitrogens with zero attached hydrogens (tertiary/aromatic N) is 5. The molecule has 4 heterocycles. The standard InChI is InChI=1S/C22H21F3N6O3/c1-29-20-14(8-27-29)7-15(9-26-20)28-16-4-2-3-13-10-30(21(33)19(13)16)11-18(32)31-5-6-34-12-17(31)22(23,24)25/h2-4,7-9,17,28H,5-6,10-12H2,1H3. The number of fused-ring (bicyclic) bond motifs is 2. The minimum Gasteiger partial charge on any atom is -0.377 e. The van der Waals surface area contributed by atoms with Crippen LogP contribution in [0.15, 0.2) is 36.7 Å². The number of amides is 2. The predicted molar refractivity (Wildman–Crippen MR) is 115 cm³/mol. The van der Waals surface area contributed by atoms with Crippen molar-refractivity contribution in [1.29, 1.82) is 0 Å². The first-order chi connectivity index (χ1) is 16.2. The summed E-state index contributed by atoms with van der Waals surface area (Å²) in [5, 5.41) is 8.18. The molecule has 1 atom stereocenters. The number of pyridine rings is 1. The highest BCUT2D eigenvalue weighted by atomic mass is 19.4. The summed E-state index contributed by atoms with van der Waals surface area (Å²) in [5.41, 5.74) is 2.97. The van der Waals surface area contributed by atoms with Gasteiger partial charge < -0.3 is 19.9 Å². The predicted octanol–water partition coefficient (Wildman–Crippen LogP) is 2.46. The summed E-state index contributed by atoms with van der Waals surface area (Å²) in [7, 11) is 1.79. The van der Waals surface area contributed by atoms with Crippen LogP contribution in [-0.4, -0.2) is 74.9 Å². The Kier molecular flexibility index (Phi) is 5.39. The highest BCUT2D eigenvalue weighted by molar-refractivity contribution is 6.05.